The Morgan fingerprint density at radius 2 is 2.25 bits per heavy atom. The SMILES string of the molecule is NCc1cc(C(F)F)c(CC(=O)O)c(Br)n1. The molecule has 0 fully saturated rings. The summed E-state index contributed by atoms with van der Waals surface area (Å²) in [5.41, 5.74) is 5.23. The fourth-order valence-electron chi connectivity index (χ4n) is 1.24. The zero-order valence-electron chi connectivity index (χ0n) is 8.08. The molecule has 4 nitrogen and oxygen atoms in total. The minimum atomic E-state index is -2.75. The Morgan fingerprint density at radius 3 is 2.69 bits per heavy atom. The number of hydrogen-bond acceptors (Lipinski definition) is 3. The lowest BCUT2D eigenvalue weighted by Gasteiger charge is -2.10. The van der Waals surface area contributed by atoms with E-state index in [0.717, 1.165) is 6.07 Å². The lowest BCUT2D eigenvalue weighted by atomic mass is 10.1. The summed E-state index contributed by atoms with van der Waals surface area (Å²) in [6.07, 6.45) is -3.25. The standard InChI is InChI=1S/C9H9BrF2N2O2/c10-8-5(2-7(15)16)6(9(11)12)1-4(3-13)14-8/h1,9H,2-3,13H2,(H,15,16). The second-order valence-corrected chi connectivity index (χ2v) is 3.80. The lowest BCUT2D eigenvalue weighted by Crippen LogP contribution is -2.09. The third-order valence-corrected chi connectivity index (χ3v) is 2.59. The van der Waals surface area contributed by atoms with Gasteiger partial charge in [-0.3, -0.25) is 4.79 Å². The van der Waals surface area contributed by atoms with Crippen molar-refractivity contribution < 1.29 is 18.7 Å². The summed E-state index contributed by atoms with van der Waals surface area (Å²) in [7, 11) is 0. The summed E-state index contributed by atoms with van der Waals surface area (Å²) in [6, 6.07) is 1.13. The topological polar surface area (TPSA) is 76.2 Å². The van der Waals surface area contributed by atoms with Gasteiger partial charge < -0.3 is 10.8 Å². The van der Waals surface area contributed by atoms with Gasteiger partial charge in [-0.25, -0.2) is 13.8 Å². The zero-order valence-corrected chi connectivity index (χ0v) is 9.67. The summed E-state index contributed by atoms with van der Waals surface area (Å²) < 4.78 is 25.5. The highest BCUT2D eigenvalue weighted by Crippen LogP contribution is 2.28. The summed E-state index contributed by atoms with van der Waals surface area (Å²) in [6.45, 7) is 0.0195. The second kappa shape index (κ2) is 5.31. The Morgan fingerprint density at radius 1 is 1.62 bits per heavy atom. The minimum Gasteiger partial charge on any atom is -0.481 e. The molecule has 0 aliphatic rings. The first-order valence-electron chi connectivity index (χ1n) is 4.34. The number of halogens is 3. The maximum atomic E-state index is 12.7. The van der Waals surface area contributed by atoms with Crippen molar-refractivity contribution in [1.29, 1.82) is 0 Å². The van der Waals surface area contributed by atoms with Crippen LogP contribution in [0.15, 0.2) is 10.7 Å². The maximum absolute atomic E-state index is 12.7. The number of carboxylic acids is 1. The van der Waals surface area contributed by atoms with Crippen LogP contribution in [0.5, 0.6) is 0 Å². The van der Waals surface area contributed by atoms with E-state index in [4.69, 9.17) is 10.8 Å². The second-order valence-electron chi connectivity index (χ2n) is 3.05. The molecule has 0 radical (unpaired) electrons. The largest absolute Gasteiger partial charge is 0.481 e. The van der Waals surface area contributed by atoms with Gasteiger partial charge in [-0.15, -0.1) is 0 Å². The maximum Gasteiger partial charge on any atom is 0.307 e. The van der Waals surface area contributed by atoms with Crippen LogP contribution in [0.4, 0.5) is 8.78 Å². The molecule has 0 saturated carbocycles. The van der Waals surface area contributed by atoms with E-state index in [9.17, 15) is 13.6 Å². The van der Waals surface area contributed by atoms with Crippen LogP contribution in [-0.4, -0.2) is 16.1 Å². The van der Waals surface area contributed by atoms with Crippen LogP contribution >= 0.6 is 15.9 Å². The van der Waals surface area contributed by atoms with E-state index in [1.54, 1.807) is 0 Å². The van der Waals surface area contributed by atoms with Crippen molar-refractivity contribution in [3.05, 3.63) is 27.5 Å². The van der Waals surface area contributed by atoms with Crippen LogP contribution in [0.3, 0.4) is 0 Å². The molecular weight excluding hydrogens is 286 g/mol. The zero-order chi connectivity index (χ0) is 12.3. The van der Waals surface area contributed by atoms with Crippen molar-refractivity contribution in [1.82, 2.24) is 4.98 Å². The van der Waals surface area contributed by atoms with E-state index in [1.807, 2.05) is 0 Å². The fraction of sp³-hybridized carbons (Fsp3) is 0.333. The van der Waals surface area contributed by atoms with Crippen LogP contribution < -0.4 is 5.73 Å². The van der Waals surface area contributed by atoms with Crippen LogP contribution in [-0.2, 0) is 17.8 Å². The molecule has 1 aromatic rings. The average molecular weight is 295 g/mol. The highest BCUT2D eigenvalue weighted by atomic mass is 79.9. The Balaban J connectivity index is 3.27. The van der Waals surface area contributed by atoms with Gasteiger partial charge in [0.1, 0.15) is 4.60 Å². The van der Waals surface area contributed by atoms with E-state index in [1.165, 1.54) is 0 Å². The molecule has 7 heteroatoms. The normalized spacial score (nSPS) is 10.8. The summed E-state index contributed by atoms with van der Waals surface area (Å²) in [4.78, 5) is 14.4. The molecule has 16 heavy (non-hydrogen) atoms. The van der Waals surface area contributed by atoms with Gasteiger partial charge in [0.2, 0.25) is 0 Å². The number of aliphatic carboxylic acids is 1. The Bertz CT molecular complexity index is 413. The van der Waals surface area contributed by atoms with Crippen LogP contribution in [0, 0.1) is 0 Å². The number of carboxylic acid groups (broad SMARTS) is 1. The fourth-order valence-corrected chi connectivity index (χ4v) is 1.83. The number of nitrogens with zero attached hydrogens (tertiary/aromatic N) is 1. The van der Waals surface area contributed by atoms with E-state index >= 15 is 0 Å². The van der Waals surface area contributed by atoms with Gasteiger partial charge in [-0.1, -0.05) is 0 Å². The van der Waals surface area contributed by atoms with Crippen molar-refractivity contribution in [2.24, 2.45) is 5.73 Å². The Labute approximate surface area is 98.6 Å². The Hall–Kier alpha value is -1.08. The van der Waals surface area contributed by atoms with Crippen LogP contribution in [0.1, 0.15) is 23.2 Å². The summed E-state index contributed by atoms with van der Waals surface area (Å²) in [5.74, 6) is -1.19. The van der Waals surface area contributed by atoms with E-state index in [-0.39, 0.29) is 28.0 Å². The van der Waals surface area contributed by atoms with Crippen molar-refractivity contribution in [3.63, 3.8) is 0 Å². The summed E-state index contributed by atoms with van der Waals surface area (Å²) in [5, 5.41) is 8.61. The number of rotatable bonds is 4. The van der Waals surface area contributed by atoms with Crippen molar-refractivity contribution in [2.75, 3.05) is 0 Å². The number of nitrogens with two attached hydrogens (primary N) is 1. The number of pyridine rings is 1. The molecule has 0 aliphatic carbocycles. The number of carbonyl (C=O) groups is 1. The van der Waals surface area contributed by atoms with E-state index in [2.05, 4.69) is 20.9 Å². The van der Waals surface area contributed by atoms with Crippen molar-refractivity contribution >= 4 is 21.9 Å². The molecule has 1 aromatic heterocycles. The van der Waals surface area contributed by atoms with Crippen LogP contribution in [0.25, 0.3) is 0 Å². The lowest BCUT2D eigenvalue weighted by molar-refractivity contribution is -0.136. The van der Waals surface area contributed by atoms with E-state index in [0.29, 0.717) is 0 Å². The first-order chi connectivity index (χ1) is 7.45. The molecule has 0 aromatic carbocycles. The van der Waals surface area contributed by atoms with Crippen molar-refractivity contribution in [2.45, 2.75) is 19.4 Å². The van der Waals surface area contributed by atoms with Gasteiger partial charge in [-0.05, 0) is 22.0 Å². The first kappa shape index (κ1) is 13.0. The molecular formula is C9H9BrF2N2O2. The van der Waals surface area contributed by atoms with Gasteiger partial charge in [-0.2, -0.15) is 0 Å². The highest BCUT2D eigenvalue weighted by Gasteiger charge is 2.19. The third kappa shape index (κ3) is 2.96. The predicted molar refractivity (Wildman–Crippen MR) is 56.1 cm³/mol. The quantitative estimate of drug-likeness (QED) is 0.831. The van der Waals surface area contributed by atoms with Crippen LogP contribution in [0.2, 0.25) is 0 Å². The molecule has 1 heterocycles. The molecule has 0 aliphatic heterocycles. The number of alkyl halides is 2. The summed E-state index contributed by atoms with van der Waals surface area (Å²) >= 11 is 2.97. The van der Waals surface area contributed by atoms with E-state index < -0.39 is 18.8 Å². The average Bonchev–Trinajstić information content (AvgIpc) is 2.19. The first-order valence-corrected chi connectivity index (χ1v) is 5.13. The van der Waals surface area contributed by atoms with Crippen molar-refractivity contribution in [3.8, 4) is 0 Å². The molecule has 0 amide bonds. The smallest absolute Gasteiger partial charge is 0.307 e. The number of hydrogen-bond donors (Lipinski definition) is 2. The van der Waals surface area contributed by atoms with Gasteiger partial charge in [0.25, 0.3) is 6.43 Å². The molecule has 0 bridgehead atoms. The monoisotopic (exact) mass is 294 g/mol. The molecule has 0 atom stereocenters. The van der Waals surface area contributed by atoms with Gasteiger partial charge >= 0.3 is 5.97 Å². The highest BCUT2D eigenvalue weighted by molar-refractivity contribution is 9.10. The minimum absolute atomic E-state index is 0.0142. The molecule has 0 unspecified atom stereocenters. The predicted octanol–water partition coefficient (Wildman–Crippen LogP) is 1.87. The molecule has 88 valence electrons. The van der Waals surface area contributed by atoms with Gasteiger partial charge in [0, 0.05) is 17.7 Å². The Kier molecular flexibility index (Phi) is 4.31. The molecule has 0 saturated heterocycles. The molecule has 1 rings (SSSR count). The van der Waals surface area contributed by atoms with Gasteiger partial charge in [0.05, 0.1) is 12.1 Å². The molecule has 0 spiro atoms. The number of aromatic nitrogens is 1. The van der Waals surface area contributed by atoms with Gasteiger partial charge in [0.15, 0.2) is 0 Å². The molecule has 3 N–H and O–H groups in total. The third-order valence-electron chi connectivity index (χ3n) is 1.93.